The Balaban J connectivity index is 2.37. The summed E-state index contributed by atoms with van der Waals surface area (Å²) in [5.41, 5.74) is 0.0824. The van der Waals surface area contributed by atoms with Crippen LogP contribution in [0.15, 0.2) is 47.4 Å². The minimum absolute atomic E-state index is 0.0292. The standard InChI is InChI=1S/C16H16N2O6S/c1-3-24-16(19)12-6-4-7-13(10-12)17-25(22,23)15-9-5-8-14(11(15)2)18(20)21/h4-10,17H,3H2,1-2H3. The van der Waals surface area contributed by atoms with E-state index < -0.39 is 20.9 Å². The van der Waals surface area contributed by atoms with Crippen LogP contribution in [0, 0.1) is 17.0 Å². The summed E-state index contributed by atoms with van der Waals surface area (Å²) in [5, 5.41) is 11.0. The first-order chi connectivity index (χ1) is 11.8. The minimum Gasteiger partial charge on any atom is -0.462 e. The molecule has 1 N–H and O–H groups in total. The Bertz CT molecular complexity index is 924. The van der Waals surface area contributed by atoms with Gasteiger partial charge < -0.3 is 4.74 Å². The zero-order chi connectivity index (χ0) is 18.6. The van der Waals surface area contributed by atoms with Crippen molar-refractivity contribution in [3.8, 4) is 0 Å². The molecule has 132 valence electrons. The van der Waals surface area contributed by atoms with Crippen LogP contribution in [0.3, 0.4) is 0 Å². The third-order valence-corrected chi connectivity index (χ3v) is 4.89. The highest BCUT2D eigenvalue weighted by molar-refractivity contribution is 7.92. The molecular weight excluding hydrogens is 348 g/mol. The van der Waals surface area contributed by atoms with Gasteiger partial charge in [-0.15, -0.1) is 0 Å². The lowest BCUT2D eigenvalue weighted by Gasteiger charge is -2.11. The highest BCUT2D eigenvalue weighted by Gasteiger charge is 2.23. The number of benzene rings is 2. The van der Waals surface area contributed by atoms with Gasteiger partial charge in [-0.25, -0.2) is 13.2 Å². The summed E-state index contributed by atoms with van der Waals surface area (Å²) in [6, 6.07) is 9.61. The summed E-state index contributed by atoms with van der Waals surface area (Å²) in [5.74, 6) is -0.574. The zero-order valence-corrected chi connectivity index (χ0v) is 14.4. The van der Waals surface area contributed by atoms with E-state index in [4.69, 9.17) is 4.74 Å². The number of nitrogens with zero attached hydrogens (tertiary/aromatic N) is 1. The normalized spacial score (nSPS) is 11.0. The lowest BCUT2D eigenvalue weighted by atomic mass is 10.2. The van der Waals surface area contributed by atoms with Crippen molar-refractivity contribution in [3.05, 3.63) is 63.7 Å². The Morgan fingerprint density at radius 2 is 1.92 bits per heavy atom. The van der Waals surface area contributed by atoms with Gasteiger partial charge in [-0.3, -0.25) is 14.8 Å². The molecule has 8 nitrogen and oxygen atoms in total. The van der Waals surface area contributed by atoms with Crippen LogP contribution < -0.4 is 4.72 Å². The van der Waals surface area contributed by atoms with Crippen molar-refractivity contribution in [1.29, 1.82) is 0 Å². The van der Waals surface area contributed by atoms with Crippen molar-refractivity contribution in [2.45, 2.75) is 18.7 Å². The van der Waals surface area contributed by atoms with Crippen LogP contribution in [-0.2, 0) is 14.8 Å². The van der Waals surface area contributed by atoms with Gasteiger partial charge in [-0.1, -0.05) is 12.1 Å². The quantitative estimate of drug-likeness (QED) is 0.479. The number of ether oxygens (including phenoxy) is 1. The SMILES string of the molecule is CCOC(=O)c1cccc(NS(=O)(=O)c2cccc([N+](=O)[O-])c2C)c1. The smallest absolute Gasteiger partial charge is 0.338 e. The predicted octanol–water partition coefficient (Wildman–Crippen LogP) is 2.88. The van der Waals surface area contributed by atoms with E-state index in [0.29, 0.717) is 0 Å². The number of hydrogen-bond donors (Lipinski definition) is 1. The van der Waals surface area contributed by atoms with Crippen LogP contribution in [0.4, 0.5) is 11.4 Å². The zero-order valence-electron chi connectivity index (χ0n) is 13.6. The Hall–Kier alpha value is -2.94. The van der Waals surface area contributed by atoms with Gasteiger partial charge in [-0.2, -0.15) is 0 Å². The number of nitro groups is 1. The molecule has 0 unspecified atom stereocenters. The molecule has 0 atom stereocenters. The molecule has 0 bridgehead atoms. The van der Waals surface area contributed by atoms with Crippen LogP contribution in [-0.4, -0.2) is 25.9 Å². The monoisotopic (exact) mass is 364 g/mol. The van der Waals surface area contributed by atoms with Crippen LogP contribution in [0.2, 0.25) is 0 Å². The van der Waals surface area contributed by atoms with Gasteiger partial charge in [0.05, 0.1) is 22.0 Å². The molecule has 0 saturated heterocycles. The fraction of sp³-hybridized carbons (Fsp3) is 0.188. The lowest BCUT2D eigenvalue weighted by molar-refractivity contribution is -0.385. The van der Waals surface area contributed by atoms with Crippen LogP contribution in [0.1, 0.15) is 22.8 Å². The number of hydrogen-bond acceptors (Lipinski definition) is 6. The maximum atomic E-state index is 12.6. The molecule has 2 aromatic rings. The second-order valence-corrected chi connectivity index (χ2v) is 6.71. The van der Waals surface area contributed by atoms with Crippen molar-refractivity contribution in [2.75, 3.05) is 11.3 Å². The second-order valence-electron chi connectivity index (χ2n) is 5.06. The molecule has 2 aromatic carbocycles. The number of carbonyl (C=O) groups is 1. The molecule has 0 spiro atoms. The molecular formula is C16H16N2O6S. The second kappa shape index (κ2) is 7.31. The molecule has 9 heteroatoms. The van der Waals surface area contributed by atoms with Crippen molar-refractivity contribution < 1.29 is 22.9 Å². The molecule has 0 radical (unpaired) electrons. The summed E-state index contributed by atoms with van der Waals surface area (Å²) in [6.07, 6.45) is 0. The Morgan fingerprint density at radius 1 is 1.24 bits per heavy atom. The molecule has 0 amide bonds. The number of esters is 1. The van der Waals surface area contributed by atoms with E-state index in [-0.39, 0.29) is 34.0 Å². The van der Waals surface area contributed by atoms with Crippen molar-refractivity contribution in [1.82, 2.24) is 0 Å². The largest absolute Gasteiger partial charge is 0.462 e. The van der Waals surface area contributed by atoms with Crippen LogP contribution in [0.25, 0.3) is 0 Å². The van der Waals surface area contributed by atoms with E-state index in [1.807, 2.05) is 0 Å². The number of nitro benzene ring substituents is 1. The number of carbonyl (C=O) groups excluding carboxylic acids is 1. The summed E-state index contributed by atoms with van der Waals surface area (Å²) in [7, 11) is -4.06. The average molecular weight is 364 g/mol. The molecule has 25 heavy (non-hydrogen) atoms. The number of sulfonamides is 1. The maximum absolute atomic E-state index is 12.6. The van der Waals surface area contributed by atoms with Crippen LogP contribution in [0.5, 0.6) is 0 Å². The predicted molar refractivity (Wildman–Crippen MR) is 91.0 cm³/mol. The molecule has 0 aliphatic carbocycles. The number of anilines is 1. The van der Waals surface area contributed by atoms with Crippen molar-refractivity contribution in [2.24, 2.45) is 0 Å². The summed E-state index contributed by atoms with van der Waals surface area (Å²) < 4.78 is 32.3. The first-order valence-corrected chi connectivity index (χ1v) is 8.78. The van der Waals surface area contributed by atoms with Crippen molar-refractivity contribution >= 4 is 27.4 Å². The van der Waals surface area contributed by atoms with Crippen LogP contribution >= 0.6 is 0 Å². The summed E-state index contributed by atoms with van der Waals surface area (Å²) in [4.78, 5) is 21.9. The fourth-order valence-corrected chi connectivity index (χ4v) is 3.54. The lowest BCUT2D eigenvalue weighted by Crippen LogP contribution is -2.15. The first kappa shape index (κ1) is 18.4. The third-order valence-electron chi connectivity index (χ3n) is 3.37. The van der Waals surface area contributed by atoms with Gasteiger partial charge in [0.15, 0.2) is 0 Å². The maximum Gasteiger partial charge on any atom is 0.338 e. The van der Waals surface area contributed by atoms with Crippen molar-refractivity contribution in [3.63, 3.8) is 0 Å². The molecule has 0 aromatic heterocycles. The van der Waals surface area contributed by atoms with Gasteiger partial charge in [0, 0.05) is 17.3 Å². The summed E-state index contributed by atoms with van der Waals surface area (Å²) >= 11 is 0. The molecule has 0 aliphatic rings. The van der Waals surface area contributed by atoms with Gasteiger partial charge in [0.25, 0.3) is 15.7 Å². The van der Waals surface area contributed by atoms with E-state index in [1.54, 1.807) is 6.92 Å². The molecule has 0 fully saturated rings. The molecule has 0 saturated carbocycles. The van der Waals surface area contributed by atoms with Gasteiger partial charge in [-0.05, 0) is 38.1 Å². The molecule has 0 heterocycles. The first-order valence-electron chi connectivity index (χ1n) is 7.30. The van der Waals surface area contributed by atoms with Gasteiger partial charge in [0.2, 0.25) is 0 Å². The van der Waals surface area contributed by atoms with E-state index in [2.05, 4.69) is 4.72 Å². The topological polar surface area (TPSA) is 116 Å². The van der Waals surface area contributed by atoms with E-state index in [9.17, 15) is 23.3 Å². The Kier molecular flexibility index (Phi) is 5.38. The fourth-order valence-electron chi connectivity index (χ4n) is 2.23. The third kappa shape index (κ3) is 4.13. The van der Waals surface area contributed by atoms with E-state index in [1.165, 1.54) is 49.4 Å². The molecule has 0 aliphatic heterocycles. The Labute approximate surface area is 144 Å². The summed E-state index contributed by atoms with van der Waals surface area (Å²) in [6.45, 7) is 3.22. The molecule has 2 rings (SSSR count). The Morgan fingerprint density at radius 3 is 2.56 bits per heavy atom. The average Bonchev–Trinajstić information content (AvgIpc) is 2.54. The van der Waals surface area contributed by atoms with Gasteiger partial charge in [0.1, 0.15) is 0 Å². The van der Waals surface area contributed by atoms with Gasteiger partial charge >= 0.3 is 5.97 Å². The highest BCUT2D eigenvalue weighted by atomic mass is 32.2. The number of rotatable bonds is 6. The minimum atomic E-state index is -4.06. The van der Waals surface area contributed by atoms with E-state index >= 15 is 0 Å². The highest BCUT2D eigenvalue weighted by Crippen LogP contribution is 2.26. The number of nitrogens with one attached hydrogen (secondary N) is 1. The van der Waals surface area contributed by atoms with E-state index in [0.717, 1.165) is 0 Å².